The summed E-state index contributed by atoms with van der Waals surface area (Å²) >= 11 is 0. The van der Waals surface area contributed by atoms with Crippen LogP contribution in [0.25, 0.3) is 22.2 Å². The maximum absolute atomic E-state index is 13.4. The molecule has 0 bridgehead atoms. The molecule has 1 heterocycles. The Morgan fingerprint density at radius 2 is 1.52 bits per heavy atom. The van der Waals surface area contributed by atoms with Crippen molar-refractivity contribution >= 4 is 16.8 Å². The molecule has 0 aliphatic carbocycles. The van der Waals surface area contributed by atoms with Crippen molar-refractivity contribution in [3.63, 3.8) is 0 Å². The van der Waals surface area contributed by atoms with Crippen LogP contribution in [0, 0.1) is 6.92 Å². The number of aromatic nitrogens is 1. The van der Waals surface area contributed by atoms with Crippen LogP contribution in [-0.4, -0.2) is 28.6 Å². The molecule has 0 aliphatic rings. The van der Waals surface area contributed by atoms with Gasteiger partial charge in [-0.3, -0.25) is 4.79 Å². The normalized spacial score (nSPS) is 11.9. The molecular formula is C37H46N2O3. The van der Waals surface area contributed by atoms with E-state index in [2.05, 4.69) is 84.1 Å². The lowest BCUT2D eigenvalue weighted by molar-refractivity contribution is 0.0942. The summed E-state index contributed by atoms with van der Waals surface area (Å²) < 4.78 is 12.7. The minimum absolute atomic E-state index is 0.0734. The fraction of sp³-hybridized carbons (Fsp3) is 0.405. The van der Waals surface area contributed by atoms with Crippen molar-refractivity contribution in [3.8, 4) is 22.8 Å². The van der Waals surface area contributed by atoms with Gasteiger partial charge in [0.25, 0.3) is 5.91 Å². The maximum atomic E-state index is 13.4. The number of carbonyl (C=O) groups is 1. The average Bonchev–Trinajstić information content (AvgIpc) is 2.97. The van der Waals surface area contributed by atoms with Crippen molar-refractivity contribution < 1.29 is 14.3 Å². The number of aryl methyl sites for hydroxylation is 2. The van der Waals surface area contributed by atoms with E-state index in [4.69, 9.17) is 14.5 Å². The molecule has 42 heavy (non-hydrogen) atoms. The van der Waals surface area contributed by atoms with E-state index in [-0.39, 0.29) is 17.1 Å². The lowest BCUT2D eigenvalue weighted by Crippen LogP contribution is -2.28. The second kappa shape index (κ2) is 13.4. The van der Waals surface area contributed by atoms with Gasteiger partial charge in [-0.05, 0) is 90.5 Å². The monoisotopic (exact) mass is 566 g/mol. The minimum atomic E-state index is -0.271. The molecule has 4 rings (SSSR count). The molecular weight excluding hydrogens is 520 g/mol. The zero-order valence-corrected chi connectivity index (χ0v) is 26.3. The van der Waals surface area contributed by atoms with Gasteiger partial charge >= 0.3 is 0 Å². The Labute approximate surface area is 251 Å². The number of amides is 1. The maximum Gasteiger partial charge on any atom is 0.252 e. The highest BCUT2D eigenvalue weighted by Crippen LogP contribution is 2.32. The molecule has 0 aliphatic heterocycles. The second-order valence-corrected chi connectivity index (χ2v) is 12.4. The third-order valence-electron chi connectivity index (χ3n) is 7.99. The Morgan fingerprint density at radius 3 is 2.24 bits per heavy atom. The summed E-state index contributed by atoms with van der Waals surface area (Å²) in [5, 5.41) is 4.01. The lowest BCUT2D eigenvalue weighted by atomic mass is 10.0. The van der Waals surface area contributed by atoms with Gasteiger partial charge in [0.2, 0.25) is 0 Å². The zero-order valence-electron chi connectivity index (χ0n) is 26.3. The van der Waals surface area contributed by atoms with E-state index in [1.165, 1.54) is 5.56 Å². The topological polar surface area (TPSA) is 60.5 Å². The molecule has 0 saturated heterocycles. The van der Waals surface area contributed by atoms with E-state index < -0.39 is 0 Å². The van der Waals surface area contributed by atoms with Gasteiger partial charge in [-0.2, -0.15) is 0 Å². The lowest BCUT2D eigenvalue weighted by Gasteiger charge is -2.29. The van der Waals surface area contributed by atoms with Crippen LogP contribution >= 0.6 is 0 Å². The van der Waals surface area contributed by atoms with Crippen LogP contribution in [0.4, 0.5) is 0 Å². The number of hydrogen-bond donors (Lipinski definition) is 1. The molecule has 5 heteroatoms. The highest BCUT2D eigenvalue weighted by Gasteiger charge is 2.22. The first kappa shape index (κ1) is 31.1. The van der Waals surface area contributed by atoms with Crippen LogP contribution in [0.3, 0.4) is 0 Å². The van der Waals surface area contributed by atoms with E-state index in [9.17, 15) is 4.79 Å². The van der Waals surface area contributed by atoms with Crippen molar-refractivity contribution in [2.24, 2.45) is 0 Å². The van der Waals surface area contributed by atoms with Crippen molar-refractivity contribution in [1.29, 1.82) is 0 Å². The van der Waals surface area contributed by atoms with E-state index in [1.54, 1.807) is 0 Å². The van der Waals surface area contributed by atoms with E-state index in [1.807, 2.05) is 42.5 Å². The third-order valence-corrected chi connectivity index (χ3v) is 7.99. The predicted molar refractivity (Wildman–Crippen MR) is 174 cm³/mol. The van der Waals surface area contributed by atoms with Gasteiger partial charge in [0.1, 0.15) is 22.7 Å². The molecule has 0 spiro atoms. The first-order valence-corrected chi connectivity index (χ1v) is 15.3. The van der Waals surface area contributed by atoms with Gasteiger partial charge in [-0.1, -0.05) is 67.9 Å². The van der Waals surface area contributed by atoms with Crippen LogP contribution in [0.5, 0.6) is 11.5 Å². The largest absolute Gasteiger partial charge is 0.488 e. The van der Waals surface area contributed by atoms with Crippen LogP contribution in [0.1, 0.15) is 88.7 Å². The number of pyridine rings is 1. The first-order chi connectivity index (χ1) is 20.0. The molecule has 222 valence electrons. The fourth-order valence-electron chi connectivity index (χ4n) is 4.63. The highest BCUT2D eigenvalue weighted by atomic mass is 16.5. The number of nitrogens with zero attached hydrogens (tertiary/aromatic N) is 1. The van der Waals surface area contributed by atoms with Gasteiger partial charge in [0, 0.05) is 23.6 Å². The highest BCUT2D eigenvalue weighted by molar-refractivity contribution is 6.07. The molecule has 0 unspecified atom stereocenters. The van der Waals surface area contributed by atoms with Crippen molar-refractivity contribution in [2.45, 2.75) is 91.8 Å². The molecule has 1 amide bonds. The Hall–Kier alpha value is -3.86. The van der Waals surface area contributed by atoms with Crippen LogP contribution in [0.2, 0.25) is 0 Å². The quantitative estimate of drug-likeness (QED) is 0.164. The Balaban J connectivity index is 1.42. The number of nitrogens with one attached hydrogen (secondary N) is 1. The van der Waals surface area contributed by atoms with Crippen molar-refractivity contribution in [2.75, 3.05) is 6.54 Å². The van der Waals surface area contributed by atoms with Crippen LogP contribution < -0.4 is 14.8 Å². The number of unbranched alkanes of at least 4 members (excludes halogenated alkanes) is 1. The van der Waals surface area contributed by atoms with E-state index >= 15 is 0 Å². The average molecular weight is 567 g/mol. The Bertz CT molecular complexity index is 1510. The smallest absolute Gasteiger partial charge is 0.252 e. The number of rotatable bonds is 13. The standard InChI is InChI=1S/C37H46N2O3/c1-8-36(4,5)41-29-22-21-28(34(24-29)42-37(6,7)9-2)14-12-13-23-38-35(40)31-25-33(27-19-17-26(3)18-20-27)39-32-16-11-10-15-30(31)32/h10-11,15-22,24-25H,8-9,12-14,23H2,1-7H3,(H,38,40). The third kappa shape index (κ3) is 8.12. The number of ether oxygens (including phenoxy) is 2. The molecule has 0 radical (unpaired) electrons. The molecule has 4 aromatic rings. The summed E-state index contributed by atoms with van der Waals surface area (Å²) in [6, 6.07) is 24.2. The van der Waals surface area contributed by atoms with Crippen molar-refractivity contribution in [1.82, 2.24) is 10.3 Å². The second-order valence-electron chi connectivity index (χ2n) is 12.4. The van der Waals surface area contributed by atoms with Crippen LogP contribution in [0.15, 0.2) is 72.8 Å². The first-order valence-electron chi connectivity index (χ1n) is 15.3. The number of fused-ring (bicyclic) bond motifs is 1. The molecule has 3 aromatic carbocycles. The summed E-state index contributed by atoms with van der Waals surface area (Å²) in [7, 11) is 0. The van der Waals surface area contributed by atoms with Crippen LogP contribution in [-0.2, 0) is 6.42 Å². The number of para-hydroxylation sites is 1. The van der Waals surface area contributed by atoms with Gasteiger partial charge in [-0.15, -0.1) is 0 Å². The summed E-state index contributed by atoms with van der Waals surface area (Å²) in [5.74, 6) is 1.63. The van der Waals surface area contributed by atoms with E-state index in [0.717, 1.165) is 71.3 Å². The van der Waals surface area contributed by atoms with Gasteiger partial charge in [0.15, 0.2) is 0 Å². The van der Waals surface area contributed by atoms with Crippen molar-refractivity contribution in [3.05, 3.63) is 89.5 Å². The van der Waals surface area contributed by atoms with Gasteiger partial charge in [-0.25, -0.2) is 4.98 Å². The Morgan fingerprint density at radius 1 is 0.833 bits per heavy atom. The molecule has 0 fully saturated rings. The van der Waals surface area contributed by atoms with E-state index in [0.29, 0.717) is 12.1 Å². The fourth-order valence-corrected chi connectivity index (χ4v) is 4.63. The predicted octanol–water partition coefficient (Wildman–Crippen LogP) is 9.10. The summed E-state index contributed by atoms with van der Waals surface area (Å²) in [5.41, 5.74) is 5.11. The molecule has 1 N–H and O–H groups in total. The summed E-state index contributed by atoms with van der Waals surface area (Å²) in [4.78, 5) is 18.2. The van der Waals surface area contributed by atoms with Gasteiger partial charge in [0.05, 0.1) is 16.8 Å². The SMILES string of the molecule is CCC(C)(C)Oc1ccc(CCCCNC(=O)c2cc(-c3ccc(C)cc3)nc3ccccc23)c(OC(C)(C)CC)c1. The Kier molecular flexibility index (Phi) is 9.93. The minimum Gasteiger partial charge on any atom is -0.488 e. The summed E-state index contributed by atoms with van der Waals surface area (Å²) in [6.07, 6.45) is 4.46. The molecule has 1 aromatic heterocycles. The van der Waals surface area contributed by atoms with Gasteiger partial charge < -0.3 is 14.8 Å². The molecule has 0 atom stereocenters. The zero-order chi connectivity index (χ0) is 30.3. The molecule has 5 nitrogen and oxygen atoms in total. The summed E-state index contributed by atoms with van der Waals surface area (Å²) in [6.45, 7) is 15.4. The molecule has 0 saturated carbocycles. The number of benzene rings is 3. The number of carbonyl (C=O) groups excluding carboxylic acids is 1. The number of hydrogen-bond acceptors (Lipinski definition) is 4.